The van der Waals surface area contributed by atoms with Gasteiger partial charge in [0.25, 0.3) is 0 Å². The van der Waals surface area contributed by atoms with E-state index in [0.717, 1.165) is 31.2 Å². The number of amides is 1. The SMILES string of the molecule is CCCCOc1nc(N)c2c(n1)N(CCCCCN1CCCC1)C(=O)C2. The van der Waals surface area contributed by atoms with Crippen LogP contribution in [0, 0.1) is 0 Å². The summed E-state index contributed by atoms with van der Waals surface area (Å²) in [6.07, 6.45) is 8.25. The first-order valence-corrected chi connectivity index (χ1v) is 10.0. The van der Waals surface area contributed by atoms with Gasteiger partial charge in [-0.05, 0) is 51.7 Å². The Morgan fingerprint density at radius 2 is 1.85 bits per heavy atom. The third-order valence-corrected chi connectivity index (χ3v) is 5.17. The van der Waals surface area contributed by atoms with Crippen molar-refractivity contribution in [2.24, 2.45) is 0 Å². The van der Waals surface area contributed by atoms with E-state index in [1.54, 1.807) is 4.90 Å². The summed E-state index contributed by atoms with van der Waals surface area (Å²) in [5.74, 6) is 1.08. The molecule has 0 spiro atoms. The maximum absolute atomic E-state index is 12.4. The van der Waals surface area contributed by atoms with Gasteiger partial charge in [0.15, 0.2) is 0 Å². The van der Waals surface area contributed by atoms with E-state index in [2.05, 4.69) is 21.8 Å². The molecule has 0 aliphatic carbocycles. The molecule has 0 bridgehead atoms. The molecular formula is C19H31N5O2. The smallest absolute Gasteiger partial charge is 0.320 e. The number of nitrogen functional groups attached to an aromatic ring is 1. The van der Waals surface area contributed by atoms with Crippen LogP contribution in [0.4, 0.5) is 11.6 Å². The summed E-state index contributed by atoms with van der Waals surface area (Å²) in [5, 5.41) is 0. The molecule has 1 amide bonds. The summed E-state index contributed by atoms with van der Waals surface area (Å²) in [6, 6.07) is 0.281. The van der Waals surface area contributed by atoms with Gasteiger partial charge in [0, 0.05) is 12.1 Å². The first-order chi connectivity index (χ1) is 12.7. The standard InChI is InChI=1S/C19H31N5O2/c1-2-3-13-26-19-21-17(20)15-14-16(25)24(18(15)22-19)12-6-4-5-9-23-10-7-8-11-23/h2-14H2,1H3,(H2,20,21,22). The van der Waals surface area contributed by atoms with E-state index in [0.29, 0.717) is 31.2 Å². The predicted octanol–water partition coefficient (Wildman–Crippen LogP) is 2.39. The first kappa shape index (κ1) is 18.9. The highest BCUT2D eigenvalue weighted by Gasteiger charge is 2.31. The van der Waals surface area contributed by atoms with Crippen molar-refractivity contribution < 1.29 is 9.53 Å². The van der Waals surface area contributed by atoms with Crippen molar-refractivity contribution in [1.82, 2.24) is 14.9 Å². The normalized spacial score (nSPS) is 17.1. The molecule has 7 nitrogen and oxygen atoms in total. The number of carbonyl (C=O) groups is 1. The molecule has 1 aromatic heterocycles. The molecular weight excluding hydrogens is 330 g/mol. The topological polar surface area (TPSA) is 84.6 Å². The van der Waals surface area contributed by atoms with Crippen LogP contribution in [-0.2, 0) is 11.2 Å². The molecule has 26 heavy (non-hydrogen) atoms. The van der Waals surface area contributed by atoms with Gasteiger partial charge in [-0.3, -0.25) is 9.69 Å². The Hall–Kier alpha value is -1.89. The summed E-state index contributed by atoms with van der Waals surface area (Å²) in [4.78, 5) is 25.3. The van der Waals surface area contributed by atoms with Crippen LogP contribution in [-0.4, -0.2) is 53.6 Å². The lowest BCUT2D eigenvalue weighted by Crippen LogP contribution is -2.28. The van der Waals surface area contributed by atoms with E-state index in [1.807, 2.05) is 0 Å². The number of fused-ring (bicyclic) bond motifs is 1. The van der Waals surface area contributed by atoms with Gasteiger partial charge in [-0.1, -0.05) is 19.8 Å². The van der Waals surface area contributed by atoms with Crippen LogP contribution in [0.5, 0.6) is 6.01 Å². The number of anilines is 2. The first-order valence-electron chi connectivity index (χ1n) is 10.0. The molecule has 2 N–H and O–H groups in total. The van der Waals surface area contributed by atoms with Crippen LogP contribution < -0.4 is 15.4 Å². The van der Waals surface area contributed by atoms with Gasteiger partial charge in [0.2, 0.25) is 5.91 Å². The summed E-state index contributed by atoms with van der Waals surface area (Å²) in [5.41, 5.74) is 6.78. The van der Waals surface area contributed by atoms with E-state index in [1.165, 1.54) is 38.9 Å². The maximum Gasteiger partial charge on any atom is 0.320 e. The number of nitrogens with two attached hydrogens (primary N) is 1. The van der Waals surface area contributed by atoms with E-state index >= 15 is 0 Å². The molecule has 0 saturated carbocycles. The minimum Gasteiger partial charge on any atom is -0.463 e. The number of hydrogen-bond acceptors (Lipinski definition) is 6. The Morgan fingerprint density at radius 3 is 2.62 bits per heavy atom. The van der Waals surface area contributed by atoms with Crippen molar-refractivity contribution in [2.45, 2.75) is 58.3 Å². The molecule has 1 fully saturated rings. The number of likely N-dealkylation sites (tertiary alicyclic amines) is 1. The van der Waals surface area contributed by atoms with Crippen molar-refractivity contribution in [3.05, 3.63) is 5.56 Å². The molecule has 1 aromatic rings. The average Bonchev–Trinajstić information content (AvgIpc) is 3.24. The summed E-state index contributed by atoms with van der Waals surface area (Å²) in [7, 11) is 0. The number of aromatic nitrogens is 2. The van der Waals surface area contributed by atoms with Crippen LogP contribution in [0.1, 0.15) is 57.4 Å². The van der Waals surface area contributed by atoms with Gasteiger partial charge in [0.1, 0.15) is 11.6 Å². The van der Waals surface area contributed by atoms with Crippen LogP contribution in [0.15, 0.2) is 0 Å². The summed E-state index contributed by atoms with van der Waals surface area (Å²) in [6.45, 7) is 7.03. The molecule has 3 rings (SSSR count). The van der Waals surface area contributed by atoms with Crippen molar-refractivity contribution in [3.8, 4) is 6.01 Å². The van der Waals surface area contributed by atoms with E-state index in [-0.39, 0.29) is 11.9 Å². The molecule has 2 aliphatic rings. The molecule has 2 aliphatic heterocycles. The minimum atomic E-state index is 0.0613. The highest BCUT2D eigenvalue weighted by Crippen LogP contribution is 2.32. The highest BCUT2D eigenvalue weighted by molar-refractivity contribution is 6.01. The van der Waals surface area contributed by atoms with Crippen molar-refractivity contribution in [3.63, 3.8) is 0 Å². The third-order valence-electron chi connectivity index (χ3n) is 5.17. The number of carbonyl (C=O) groups excluding carboxylic acids is 1. The van der Waals surface area contributed by atoms with E-state index in [9.17, 15) is 4.79 Å². The Bertz CT molecular complexity index is 616. The van der Waals surface area contributed by atoms with Gasteiger partial charge in [-0.25, -0.2) is 0 Å². The van der Waals surface area contributed by atoms with Crippen LogP contribution in [0.3, 0.4) is 0 Å². The number of unbranched alkanes of at least 4 members (excludes halogenated alkanes) is 3. The summed E-state index contributed by atoms with van der Waals surface area (Å²) < 4.78 is 5.59. The Labute approximate surface area is 155 Å². The molecule has 1 saturated heterocycles. The fraction of sp³-hybridized carbons (Fsp3) is 0.737. The molecule has 7 heteroatoms. The van der Waals surface area contributed by atoms with Crippen LogP contribution >= 0.6 is 0 Å². The Morgan fingerprint density at radius 1 is 1.08 bits per heavy atom. The number of ether oxygens (including phenoxy) is 1. The van der Waals surface area contributed by atoms with Crippen LogP contribution in [0.2, 0.25) is 0 Å². The fourth-order valence-electron chi connectivity index (χ4n) is 3.62. The molecule has 0 atom stereocenters. The second-order valence-electron chi connectivity index (χ2n) is 7.23. The Kier molecular flexibility index (Phi) is 6.66. The zero-order valence-corrected chi connectivity index (χ0v) is 15.9. The molecule has 3 heterocycles. The third kappa shape index (κ3) is 4.63. The number of hydrogen-bond donors (Lipinski definition) is 1. The zero-order valence-electron chi connectivity index (χ0n) is 15.9. The monoisotopic (exact) mass is 361 g/mol. The second kappa shape index (κ2) is 9.16. The van der Waals surface area contributed by atoms with Gasteiger partial charge in [0.05, 0.1) is 13.0 Å². The molecule has 0 radical (unpaired) electrons. The molecule has 144 valence electrons. The van der Waals surface area contributed by atoms with Gasteiger partial charge in [-0.2, -0.15) is 9.97 Å². The lowest BCUT2D eigenvalue weighted by atomic mass is 10.2. The second-order valence-corrected chi connectivity index (χ2v) is 7.23. The van der Waals surface area contributed by atoms with E-state index < -0.39 is 0 Å². The highest BCUT2D eigenvalue weighted by atomic mass is 16.5. The average molecular weight is 361 g/mol. The van der Waals surface area contributed by atoms with Crippen LogP contribution in [0.25, 0.3) is 0 Å². The largest absolute Gasteiger partial charge is 0.463 e. The van der Waals surface area contributed by atoms with Crippen molar-refractivity contribution in [2.75, 3.05) is 43.4 Å². The van der Waals surface area contributed by atoms with Gasteiger partial charge >= 0.3 is 6.01 Å². The fourth-order valence-corrected chi connectivity index (χ4v) is 3.62. The van der Waals surface area contributed by atoms with Crippen molar-refractivity contribution in [1.29, 1.82) is 0 Å². The molecule has 0 unspecified atom stereocenters. The lowest BCUT2D eigenvalue weighted by molar-refractivity contribution is -0.117. The van der Waals surface area contributed by atoms with Gasteiger partial charge in [-0.15, -0.1) is 0 Å². The lowest BCUT2D eigenvalue weighted by Gasteiger charge is -2.18. The van der Waals surface area contributed by atoms with Gasteiger partial charge < -0.3 is 15.4 Å². The Balaban J connectivity index is 1.52. The van der Waals surface area contributed by atoms with E-state index in [4.69, 9.17) is 10.5 Å². The summed E-state index contributed by atoms with van der Waals surface area (Å²) >= 11 is 0. The zero-order chi connectivity index (χ0) is 18.4. The number of rotatable bonds is 10. The molecule has 0 aromatic carbocycles. The quantitative estimate of drug-likeness (QED) is 0.644. The van der Waals surface area contributed by atoms with Crippen molar-refractivity contribution >= 4 is 17.5 Å². The maximum atomic E-state index is 12.4. The number of nitrogens with zero attached hydrogens (tertiary/aromatic N) is 4. The minimum absolute atomic E-state index is 0.0613. The predicted molar refractivity (Wildman–Crippen MR) is 102 cm³/mol.